The fourth-order valence-corrected chi connectivity index (χ4v) is 2.40. The molecule has 0 unspecified atom stereocenters. The molecule has 1 aliphatic heterocycles. The number of benzene rings is 1. The van der Waals surface area contributed by atoms with Gasteiger partial charge >= 0.3 is 0 Å². The Morgan fingerprint density at radius 1 is 0.905 bits per heavy atom. The van der Waals surface area contributed by atoms with Crippen molar-refractivity contribution in [1.82, 2.24) is 15.3 Å². The Balaban J connectivity index is 1.83. The molecule has 2 aromatic rings. The molecule has 0 radical (unpaired) electrons. The minimum absolute atomic E-state index is 0.441. The average molecular weight is 290 g/mol. The molecule has 0 spiro atoms. The van der Waals surface area contributed by atoms with Crippen molar-refractivity contribution in [1.29, 1.82) is 0 Å². The van der Waals surface area contributed by atoms with Crippen molar-refractivity contribution in [2.45, 2.75) is 6.42 Å². The molecule has 110 valence electrons. The van der Waals surface area contributed by atoms with Crippen LogP contribution in [-0.2, 0) is 0 Å². The smallest absolute Gasteiger partial charge is 0.225 e. The van der Waals surface area contributed by atoms with E-state index in [4.69, 9.17) is 0 Å². The van der Waals surface area contributed by atoms with Crippen LogP contribution in [0.15, 0.2) is 30.6 Å². The quantitative estimate of drug-likeness (QED) is 0.921. The lowest BCUT2D eigenvalue weighted by Crippen LogP contribution is -2.29. The SMILES string of the molecule is Fc1cc(F)cc(-c2cnc(N3CCCNCC3)nc2)c1. The molecule has 1 aliphatic rings. The van der Waals surface area contributed by atoms with Crippen LogP contribution >= 0.6 is 0 Å². The molecule has 0 bridgehead atoms. The summed E-state index contributed by atoms with van der Waals surface area (Å²) in [5.74, 6) is -0.556. The van der Waals surface area contributed by atoms with Gasteiger partial charge in [-0.25, -0.2) is 18.7 Å². The molecule has 3 rings (SSSR count). The third-order valence-corrected chi connectivity index (χ3v) is 3.46. The van der Waals surface area contributed by atoms with Gasteiger partial charge in [0.1, 0.15) is 11.6 Å². The van der Waals surface area contributed by atoms with Gasteiger partial charge in [0, 0.05) is 43.7 Å². The maximum Gasteiger partial charge on any atom is 0.225 e. The standard InChI is InChI=1S/C15H16F2N4/c16-13-6-11(7-14(17)8-13)12-9-19-15(20-10-12)21-4-1-2-18-3-5-21/h6-10,18H,1-5H2. The Morgan fingerprint density at radius 3 is 2.33 bits per heavy atom. The summed E-state index contributed by atoms with van der Waals surface area (Å²) < 4.78 is 26.5. The van der Waals surface area contributed by atoms with Gasteiger partial charge in [0.2, 0.25) is 5.95 Å². The van der Waals surface area contributed by atoms with Crippen LogP contribution in [-0.4, -0.2) is 36.1 Å². The van der Waals surface area contributed by atoms with Crippen molar-refractivity contribution in [2.75, 3.05) is 31.1 Å². The van der Waals surface area contributed by atoms with E-state index in [9.17, 15) is 8.78 Å². The van der Waals surface area contributed by atoms with Crippen LogP contribution in [0.1, 0.15) is 6.42 Å². The zero-order chi connectivity index (χ0) is 14.7. The van der Waals surface area contributed by atoms with Crippen LogP contribution < -0.4 is 10.2 Å². The highest BCUT2D eigenvalue weighted by Crippen LogP contribution is 2.21. The molecule has 6 heteroatoms. The van der Waals surface area contributed by atoms with Crippen molar-refractivity contribution in [2.24, 2.45) is 0 Å². The van der Waals surface area contributed by atoms with Gasteiger partial charge in [0.15, 0.2) is 0 Å². The molecule has 1 aromatic heterocycles. The van der Waals surface area contributed by atoms with E-state index in [0.717, 1.165) is 38.7 Å². The maximum atomic E-state index is 13.2. The molecule has 1 aromatic carbocycles. The van der Waals surface area contributed by atoms with E-state index in [2.05, 4.69) is 20.2 Å². The first-order valence-electron chi connectivity index (χ1n) is 6.96. The summed E-state index contributed by atoms with van der Waals surface area (Å²) in [5.41, 5.74) is 1.04. The number of aromatic nitrogens is 2. The second kappa shape index (κ2) is 6.13. The third-order valence-electron chi connectivity index (χ3n) is 3.46. The molecule has 1 N–H and O–H groups in total. The van der Waals surface area contributed by atoms with Gasteiger partial charge in [-0.1, -0.05) is 0 Å². The largest absolute Gasteiger partial charge is 0.340 e. The fraction of sp³-hybridized carbons (Fsp3) is 0.333. The predicted octanol–water partition coefficient (Wildman–Crippen LogP) is 2.22. The van der Waals surface area contributed by atoms with E-state index in [1.165, 1.54) is 12.1 Å². The number of hydrogen-bond acceptors (Lipinski definition) is 4. The highest BCUT2D eigenvalue weighted by molar-refractivity contribution is 5.62. The molecule has 0 atom stereocenters. The van der Waals surface area contributed by atoms with Crippen LogP contribution in [0, 0.1) is 11.6 Å². The first-order chi connectivity index (χ1) is 10.2. The van der Waals surface area contributed by atoms with Gasteiger partial charge in [0.05, 0.1) is 0 Å². The Kier molecular flexibility index (Phi) is 4.06. The average Bonchev–Trinajstić information content (AvgIpc) is 2.75. The van der Waals surface area contributed by atoms with Crippen LogP contribution in [0.25, 0.3) is 11.1 Å². The van der Waals surface area contributed by atoms with E-state index in [1.807, 2.05) is 0 Å². The molecule has 0 aliphatic carbocycles. The first kappa shape index (κ1) is 13.9. The van der Waals surface area contributed by atoms with Crippen LogP contribution in [0.4, 0.5) is 14.7 Å². The minimum atomic E-state index is -0.604. The Labute approximate surface area is 121 Å². The third kappa shape index (κ3) is 3.33. The van der Waals surface area contributed by atoms with Crippen molar-refractivity contribution in [3.8, 4) is 11.1 Å². The summed E-state index contributed by atoms with van der Waals surface area (Å²) in [4.78, 5) is 10.8. The zero-order valence-corrected chi connectivity index (χ0v) is 11.5. The second-order valence-electron chi connectivity index (χ2n) is 5.02. The Morgan fingerprint density at radius 2 is 1.62 bits per heavy atom. The normalized spacial score (nSPS) is 15.8. The number of anilines is 1. The second-order valence-corrected chi connectivity index (χ2v) is 5.02. The van der Waals surface area contributed by atoms with Gasteiger partial charge in [-0.15, -0.1) is 0 Å². The van der Waals surface area contributed by atoms with E-state index < -0.39 is 11.6 Å². The maximum absolute atomic E-state index is 13.2. The van der Waals surface area contributed by atoms with Crippen molar-refractivity contribution in [3.63, 3.8) is 0 Å². The van der Waals surface area contributed by atoms with Gasteiger partial charge in [0.25, 0.3) is 0 Å². The lowest BCUT2D eigenvalue weighted by atomic mass is 10.1. The molecule has 1 saturated heterocycles. The highest BCUT2D eigenvalue weighted by atomic mass is 19.1. The predicted molar refractivity (Wildman–Crippen MR) is 77.1 cm³/mol. The Hall–Kier alpha value is -2.08. The molecule has 4 nitrogen and oxygen atoms in total. The summed E-state index contributed by atoms with van der Waals surface area (Å²) in [7, 11) is 0. The summed E-state index contributed by atoms with van der Waals surface area (Å²) in [6.07, 6.45) is 4.25. The Bertz CT molecular complexity index is 587. The molecule has 2 heterocycles. The lowest BCUT2D eigenvalue weighted by Gasteiger charge is -2.19. The van der Waals surface area contributed by atoms with Crippen LogP contribution in [0.5, 0.6) is 0 Å². The van der Waals surface area contributed by atoms with Crippen molar-refractivity contribution < 1.29 is 8.78 Å². The zero-order valence-electron chi connectivity index (χ0n) is 11.5. The first-order valence-corrected chi connectivity index (χ1v) is 6.96. The summed E-state index contributed by atoms with van der Waals surface area (Å²) in [6.45, 7) is 3.66. The molecule has 21 heavy (non-hydrogen) atoms. The molecular formula is C15H16F2N4. The molecule has 1 fully saturated rings. The van der Waals surface area contributed by atoms with Crippen molar-refractivity contribution in [3.05, 3.63) is 42.2 Å². The van der Waals surface area contributed by atoms with Gasteiger partial charge < -0.3 is 10.2 Å². The monoisotopic (exact) mass is 290 g/mol. The summed E-state index contributed by atoms with van der Waals surface area (Å²) in [5, 5.41) is 3.32. The number of nitrogens with zero attached hydrogens (tertiary/aromatic N) is 3. The van der Waals surface area contributed by atoms with E-state index in [0.29, 0.717) is 17.1 Å². The van der Waals surface area contributed by atoms with E-state index in [-0.39, 0.29) is 0 Å². The number of hydrogen-bond donors (Lipinski definition) is 1. The van der Waals surface area contributed by atoms with Crippen LogP contribution in [0.3, 0.4) is 0 Å². The lowest BCUT2D eigenvalue weighted by molar-refractivity contribution is 0.584. The van der Waals surface area contributed by atoms with Crippen molar-refractivity contribution >= 4 is 5.95 Å². The summed E-state index contributed by atoms with van der Waals surface area (Å²) in [6, 6.07) is 3.40. The van der Waals surface area contributed by atoms with E-state index >= 15 is 0 Å². The number of rotatable bonds is 2. The summed E-state index contributed by atoms with van der Waals surface area (Å²) >= 11 is 0. The highest BCUT2D eigenvalue weighted by Gasteiger charge is 2.12. The molecular weight excluding hydrogens is 274 g/mol. The fourth-order valence-electron chi connectivity index (χ4n) is 2.40. The van der Waals surface area contributed by atoms with Crippen LogP contribution in [0.2, 0.25) is 0 Å². The van der Waals surface area contributed by atoms with E-state index in [1.54, 1.807) is 12.4 Å². The molecule has 0 amide bonds. The van der Waals surface area contributed by atoms with Gasteiger partial charge in [-0.05, 0) is 30.7 Å². The molecule has 0 saturated carbocycles. The van der Waals surface area contributed by atoms with Gasteiger partial charge in [-0.3, -0.25) is 0 Å². The number of halogens is 2. The number of nitrogens with one attached hydrogen (secondary N) is 1. The minimum Gasteiger partial charge on any atom is -0.340 e. The topological polar surface area (TPSA) is 41.1 Å². The van der Waals surface area contributed by atoms with Gasteiger partial charge in [-0.2, -0.15) is 0 Å².